The van der Waals surface area contributed by atoms with E-state index in [1.807, 2.05) is 91.0 Å². The number of nitrogens with zero attached hydrogens (tertiary/aromatic N) is 5. The van der Waals surface area contributed by atoms with Crippen molar-refractivity contribution in [3.8, 4) is 5.82 Å². The molecule has 0 radical (unpaired) electrons. The predicted molar refractivity (Wildman–Crippen MR) is 131 cm³/mol. The Kier molecular flexibility index (Phi) is 5.18. The van der Waals surface area contributed by atoms with Gasteiger partial charge in [-0.1, -0.05) is 42.5 Å². The van der Waals surface area contributed by atoms with Crippen LogP contribution >= 0.6 is 0 Å². The Morgan fingerprint density at radius 3 is 2.45 bits per heavy atom. The van der Waals surface area contributed by atoms with Gasteiger partial charge in [0.05, 0.1) is 0 Å². The van der Waals surface area contributed by atoms with E-state index in [4.69, 9.17) is 5.10 Å². The molecule has 1 atom stereocenters. The highest BCUT2D eigenvalue weighted by Crippen LogP contribution is 2.33. The number of anilines is 1. The van der Waals surface area contributed by atoms with E-state index in [0.29, 0.717) is 29.0 Å². The molecule has 3 heterocycles. The van der Waals surface area contributed by atoms with Crippen LogP contribution in [-0.4, -0.2) is 31.0 Å². The minimum Gasteiger partial charge on any atom is -0.368 e. The summed E-state index contributed by atoms with van der Waals surface area (Å²) in [6.45, 7) is 4.48. The van der Waals surface area contributed by atoms with Crippen molar-refractivity contribution in [1.29, 1.82) is 0 Å². The van der Waals surface area contributed by atoms with Gasteiger partial charge in [0.25, 0.3) is 5.56 Å². The summed E-state index contributed by atoms with van der Waals surface area (Å²) in [4.78, 5) is 19.9. The summed E-state index contributed by atoms with van der Waals surface area (Å²) in [5.74, 6) is 0.411. The van der Waals surface area contributed by atoms with Gasteiger partial charge in [-0.2, -0.15) is 9.78 Å². The molecule has 2 aromatic carbocycles. The van der Waals surface area contributed by atoms with Crippen LogP contribution in [-0.2, 0) is 7.05 Å². The smallest absolute Gasteiger partial charge is 0.297 e. The highest BCUT2D eigenvalue weighted by Gasteiger charge is 2.27. The number of hydrogen-bond donors (Lipinski definition) is 1. The molecule has 1 N–H and O–H groups in total. The van der Waals surface area contributed by atoms with Crippen molar-refractivity contribution in [3.63, 3.8) is 0 Å². The average molecular weight is 440 g/mol. The highest BCUT2D eigenvalue weighted by molar-refractivity contribution is 6.09. The minimum atomic E-state index is -1.07. The molecular weight excluding hydrogens is 414 g/mol. The second kappa shape index (κ2) is 8.18. The molecule has 7 heteroatoms. The fourth-order valence-electron chi connectivity index (χ4n) is 4.39. The molecule has 7 nitrogen and oxygen atoms in total. The number of aliphatic hydroxyl groups is 1. The quantitative estimate of drug-likeness (QED) is 0.417. The molecular formula is C26H25N5O2. The van der Waals surface area contributed by atoms with Crippen LogP contribution in [0.1, 0.15) is 24.4 Å². The Bertz CT molecular complexity index is 1500. The summed E-state index contributed by atoms with van der Waals surface area (Å²) in [5.41, 5.74) is 3.37. The molecule has 3 aromatic heterocycles. The van der Waals surface area contributed by atoms with E-state index >= 15 is 0 Å². The molecule has 0 saturated heterocycles. The second-order valence-corrected chi connectivity index (χ2v) is 8.09. The number of aliphatic hydroxyl groups excluding tert-OH is 1. The number of aromatic nitrogens is 4. The summed E-state index contributed by atoms with van der Waals surface area (Å²) < 4.78 is 3.16. The Hall–Kier alpha value is -3.97. The van der Waals surface area contributed by atoms with Crippen LogP contribution in [0.25, 0.3) is 27.6 Å². The lowest BCUT2D eigenvalue weighted by molar-refractivity contribution is 0.168. The highest BCUT2D eigenvalue weighted by atomic mass is 16.3. The van der Waals surface area contributed by atoms with Crippen molar-refractivity contribution in [2.45, 2.75) is 20.1 Å². The lowest BCUT2D eigenvalue weighted by atomic mass is 10.1. The topological polar surface area (TPSA) is 76.2 Å². The Labute approximate surface area is 191 Å². The van der Waals surface area contributed by atoms with Gasteiger partial charge in [0.1, 0.15) is 11.2 Å². The number of para-hydroxylation sites is 2. The molecule has 0 aliphatic heterocycles. The third-order valence-electron chi connectivity index (χ3n) is 6.05. The zero-order valence-electron chi connectivity index (χ0n) is 18.8. The maximum absolute atomic E-state index is 13.6. The van der Waals surface area contributed by atoms with Crippen LogP contribution in [0.5, 0.6) is 0 Å². The molecule has 0 aliphatic rings. The van der Waals surface area contributed by atoms with Crippen molar-refractivity contribution in [2.24, 2.45) is 7.05 Å². The first-order valence-electron chi connectivity index (χ1n) is 10.9. The molecule has 0 spiro atoms. The third kappa shape index (κ3) is 3.37. The first kappa shape index (κ1) is 20.9. The third-order valence-corrected chi connectivity index (χ3v) is 6.05. The van der Waals surface area contributed by atoms with E-state index in [2.05, 4.69) is 4.98 Å². The SMILES string of the molecule is CCN(c1ccccc1)C(O)c1nn(-c2ccc(C)cn2)c(=O)c2c1c1ccccc1n2C. The Morgan fingerprint density at radius 2 is 1.76 bits per heavy atom. The zero-order chi connectivity index (χ0) is 23.1. The molecule has 5 aromatic rings. The van der Waals surface area contributed by atoms with Gasteiger partial charge < -0.3 is 14.6 Å². The lowest BCUT2D eigenvalue weighted by Gasteiger charge is -2.29. The molecule has 1 unspecified atom stereocenters. The van der Waals surface area contributed by atoms with Gasteiger partial charge in [0, 0.05) is 41.8 Å². The molecule has 166 valence electrons. The summed E-state index contributed by atoms with van der Waals surface area (Å²) >= 11 is 0. The average Bonchev–Trinajstić information content (AvgIpc) is 3.14. The summed E-state index contributed by atoms with van der Waals surface area (Å²) in [6.07, 6.45) is 0.635. The van der Waals surface area contributed by atoms with E-state index in [1.54, 1.807) is 12.3 Å². The lowest BCUT2D eigenvalue weighted by Crippen LogP contribution is -2.32. The van der Waals surface area contributed by atoms with Crippen molar-refractivity contribution < 1.29 is 5.11 Å². The van der Waals surface area contributed by atoms with Crippen LogP contribution in [0.2, 0.25) is 0 Å². The van der Waals surface area contributed by atoms with Gasteiger partial charge in [0.2, 0.25) is 0 Å². The molecule has 0 aliphatic carbocycles. The number of aryl methyl sites for hydroxylation is 2. The number of benzene rings is 2. The number of pyridine rings is 1. The maximum Gasteiger partial charge on any atom is 0.297 e. The summed E-state index contributed by atoms with van der Waals surface area (Å²) in [6, 6.07) is 21.2. The largest absolute Gasteiger partial charge is 0.368 e. The van der Waals surface area contributed by atoms with Crippen molar-refractivity contribution >= 4 is 27.5 Å². The number of rotatable bonds is 5. The van der Waals surface area contributed by atoms with E-state index in [1.165, 1.54) is 4.68 Å². The van der Waals surface area contributed by atoms with E-state index in [0.717, 1.165) is 22.2 Å². The molecule has 0 amide bonds. The first-order valence-corrected chi connectivity index (χ1v) is 10.9. The van der Waals surface area contributed by atoms with E-state index in [9.17, 15) is 9.90 Å². The van der Waals surface area contributed by atoms with Gasteiger partial charge in [-0.15, -0.1) is 0 Å². The zero-order valence-corrected chi connectivity index (χ0v) is 18.8. The van der Waals surface area contributed by atoms with Crippen LogP contribution < -0.4 is 10.5 Å². The standard InChI is InChI=1S/C26H25N5O2/c1-4-30(18-10-6-5-7-11-18)25(32)23-22-19-12-8-9-13-20(19)29(3)24(22)26(33)31(28-23)21-15-14-17(2)16-27-21/h5-16,25,32H,4H2,1-3H3. The molecule has 0 bridgehead atoms. The van der Waals surface area contributed by atoms with Crippen molar-refractivity contribution in [2.75, 3.05) is 11.4 Å². The number of fused-ring (bicyclic) bond motifs is 3. The van der Waals surface area contributed by atoms with Crippen LogP contribution in [0, 0.1) is 6.92 Å². The molecule has 0 saturated carbocycles. The second-order valence-electron chi connectivity index (χ2n) is 8.09. The monoisotopic (exact) mass is 439 g/mol. The molecule has 33 heavy (non-hydrogen) atoms. The van der Waals surface area contributed by atoms with Gasteiger partial charge in [0.15, 0.2) is 12.0 Å². The van der Waals surface area contributed by atoms with Crippen LogP contribution in [0.4, 0.5) is 5.69 Å². The maximum atomic E-state index is 13.6. The van der Waals surface area contributed by atoms with Crippen LogP contribution in [0.15, 0.2) is 77.7 Å². The van der Waals surface area contributed by atoms with Crippen molar-refractivity contribution in [1.82, 2.24) is 19.3 Å². The first-order chi connectivity index (χ1) is 16.0. The minimum absolute atomic E-state index is 0.279. The van der Waals surface area contributed by atoms with Gasteiger partial charge in [-0.3, -0.25) is 4.79 Å². The van der Waals surface area contributed by atoms with Crippen molar-refractivity contribution in [3.05, 3.63) is 94.5 Å². The van der Waals surface area contributed by atoms with E-state index < -0.39 is 6.23 Å². The number of hydrogen-bond acceptors (Lipinski definition) is 5. The predicted octanol–water partition coefficient (Wildman–Crippen LogP) is 4.10. The normalized spacial score (nSPS) is 12.4. The summed E-state index contributed by atoms with van der Waals surface area (Å²) in [7, 11) is 1.87. The Balaban J connectivity index is 1.85. The van der Waals surface area contributed by atoms with Gasteiger partial charge >= 0.3 is 0 Å². The van der Waals surface area contributed by atoms with Gasteiger partial charge in [-0.05, 0) is 43.7 Å². The molecule has 0 fully saturated rings. The summed E-state index contributed by atoms with van der Waals surface area (Å²) in [5, 5.41) is 17.9. The van der Waals surface area contributed by atoms with E-state index in [-0.39, 0.29) is 5.56 Å². The van der Waals surface area contributed by atoms with Gasteiger partial charge in [-0.25, -0.2) is 4.98 Å². The van der Waals surface area contributed by atoms with Crippen LogP contribution in [0.3, 0.4) is 0 Å². The fourth-order valence-corrected chi connectivity index (χ4v) is 4.39. The Morgan fingerprint density at radius 1 is 1.03 bits per heavy atom. The molecule has 5 rings (SSSR count). The fraction of sp³-hybridized carbons (Fsp3) is 0.192.